The number of halogens is 5. The molecule has 0 atom stereocenters. The number of nitriles is 1. The third-order valence-electron chi connectivity index (χ3n) is 4.57. The number of alkyl halides is 3. The van der Waals surface area contributed by atoms with Crippen molar-refractivity contribution in [1.29, 1.82) is 5.26 Å². The average molecular weight is 493 g/mol. The largest absolute Gasteiger partial charge is 0.416 e. The predicted octanol–water partition coefficient (Wildman–Crippen LogP) is 7.78. The molecule has 9 heteroatoms. The number of aromatic nitrogens is 3. The SMILES string of the molecule is CC(C)c1cc(C#N)ccn1.CC(C)c1cc(C(F)(F)F)ccn1.CC(C)c1cc(F)cc(F)n1. The Labute approximate surface area is 202 Å². The van der Waals surface area contributed by atoms with Crippen LogP contribution in [0.25, 0.3) is 0 Å². The highest BCUT2D eigenvalue weighted by molar-refractivity contribution is 5.29. The Morgan fingerprint density at radius 2 is 1.26 bits per heavy atom. The summed E-state index contributed by atoms with van der Waals surface area (Å²) in [5, 5.41) is 8.57. The van der Waals surface area contributed by atoms with Crippen molar-refractivity contribution in [3.63, 3.8) is 0 Å². The molecule has 3 aromatic rings. The van der Waals surface area contributed by atoms with Gasteiger partial charge in [-0.05, 0) is 48.1 Å². The minimum Gasteiger partial charge on any atom is -0.261 e. The first-order chi connectivity index (χ1) is 16.2. The Bertz CT molecular complexity index is 1100. The van der Waals surface area contributed by atoms with Gasteiger partial charge < -0.3 is 0 Å². The van der Waals surface area contributed by atoms with E-state index in [1.54, 1.807) is 12.3 Å². The van der Waals surface area contributed by atoms with E-state index in [1.807, 2.05) is 33.8 Å². The first kappa shape index (κ1) is 29.6. The maximum Gasteiger partial charge on any atom is 0.416 e. The molecule has 0 aliphatic carbocycles. The summed E-state index contributed by atoms with van der Waals surface area (Å²) in [5.41, 5.74) is 1.94. The highest BCUT2D eigenvalue weighted by Gasteiger charge is 2.30. The van der Waals surface area contributed by atoms with Gasteiger partial charge in [0, 0.05) is 35.5 Å². The molecule has 4 nitrogen and oxygen atoms in total. The highest BCUT2D eigenvalue weighted by atomic mass is 19.4. The third-order valence-corrected chi connectivity index (χ3v) is 4.57. The van der Waals surface area contributed by atoms with E-state index >= 15 is 0 Å². The van der Waals surface area contributed by atoms with Gasteiger partial charge in [-0.15, -0.1) is 0 Å². The monoisotopic (exact) mass is 492 g/mol. The summed E-state index contributed by atoms with van der Waals surface area (Å²) in [6, 6.07) is 9.70. The van der Waals surface area contributed by atoms with Crippen molar-refractivity contribution < 1.29 is 22.0 Å². The van der Waals surface area contributed by atoms with Crippen molar-refractivity contribution >= 4 is 0 Å². The minimum absolute atomic E-state index is 0.0160. The lowest BCUT2D eigenvalue weighted by Gasteiger charge is -2.09. The Balaban J connectivity index is 0.000000264. The van der Waals surface area contributed by atoms with E-state index in [4.69, 9.17) is 5.26 Å². The highest BCUT2D eigenvalue weighted by Crippen LogP contribution is 2.30. The molecule has 0 aliphatic heterocycles. The van der Waals surface area contributed by atoms with E-state index in [-0.39, 0.29) is 11.8 Å². The molecule has 0 bridgehead atoms. The van der Waals surface area contributed by atoms with Crippen molar-refractivity contribution in [1.82, 2.24) is 15.0 Å². The molecule has 0 aromatic carbocycles. The van der Waals surface area contributed by atoms with E-state index in [2.05, 4.69) is 34.9 Å². The van der Waals surface area contributed by atoms with E-state index in [1.165, 1.54) is 12.3 Å². The minimum atomic E-state index is -4.27. The molecule has 0 N–H and O–H groups in total. The summed E-state index contributed by atoms with van der Waals surface area (Å²) >= 11 is 0. The second kappa shape index (κ2) is 13.5. The Kier molecular flexibility index (Phi) is 11.4. The fraction of sp³-hybridized carbons (Fsp3) is 0.385. The molecular weight excluding hydrogens is 463 g/mol. The van der Waals surface area contributed by atoms with Crippen LogP contribution in [0.4, 0.5) is 22.0 Å². The van der Waals surface area contributed by atoms with Crippen LogP contribution < -0.4 is 0 Å². The van der Waals surface area contributed by atoms with Gasteiger partial charge in [0.05, 0.1) is 17.2 Å². The summed E-state index contributed by atoms with van der Waals surface area (Å²) in [4.78, 5) is 11.5. The van der Waals surface area contributed by atoms with Crippen LogP contribution >= 0.6 is 0 Å². The smallest absolute Gasteiger partial charge is 0.261 e. The molecule has 3 rings (SSSR count). The number of hydrogen-bond donors (Lipinski definition) is 0. The van der Waals surface area contributed by atoms with Crippen LogP contribution in [0.1, 0.15) is 87.5 Å². The van der Waals surface area contributed by atoms with Crippen molar-refractivity contribution in [2.45, 2.75) is 65.5 Å². The van der Waals surface area contributed by atoms with Gasteiger partial charge in [0.15, 0.2) is 0 Å². The normalized spacial score (nSPS) is 10.9. The van der Waals surface area contributed by atoms with Gasteiger partial charge >= 0.3 is 6.18 Å². The Morgan fingerprint density at radius 3 is 1.71 bits per heavy atom. The molecule has 0 fully saturated rings. The standard InChI is InChI=1S/C9H10F3N.C9H10N2.C8H9F2N/c1-6(2)8-5-7(3-4-13-8)9(10,11)12;1-7(2)9-5-8(6-10)3-4-11-9;1-5(2)7-3-6(9)4-8(10)11-7/h3-6H,1-2H3;3-5,7H,1-2H3;3-5H,1-2H3. The van der Waals surface area contributed by atoms with Gasteiger partial charge in [-0.3, -0.25) is 9.97 Å². The van der Waals surface area contributed by atoms with Gasteiger partial charge in [-0.2, -0.15) is 22.8 Å². The zero-order valence-electron chi connectivity index (χ0n) is 20.5. The van der Waals surface area contributed by atoms with Crippen molar-refractivity contribution in [2.75, 3.05) is 0 Å². The Morgan fingerprint density at radius 1 is 0.743 bits per heavy atom. The van der Waals surface area contributed by atoms with Crippen LogP contribution in [0.15, 0.2) is 48.8 Å². The molecular formula is C26H29F5N4. The van der Waals surface area contributed by atoms with Crippen molar-refractivity contribution in [3.05, 3.63) is 88.8 Å². The molecule has 0 unspecified atom stereocenters. The molecule has 3 aromatic heterocycles. The maximum absolute atomic E-state index is 12.5. The summed E-state index contributed by atoms with van der Waals surface area (Å²) in [5.74, 6) is -0.860. The first-order valence-electron chi connectivity index (χ1n) is 11.0. The quantitative estimate of drug-likeness (QED) is 0.277. The number of rotatable bonds is 3. The molecule has 0 saturated carbocycles. The topological polar surface area (TPSA) is 62.5 Å². The zero-order valence-corrected chi connectivity index (χ0v) is 20.5. The average Bonchev–Trinajstić information content (AvgIpc) is 2.79. The second-order valence-electron chi connectivity index (χ2n) is 8.55. The third kappa shape index (κ3) is 10.6. The van der Waals surface area contributed by atoms with Crippen LogP contribution in [-0.2, 0) is 6.18 Å². The molecule has 3 heterocycles. The van der Waals surface area contributed by atoms with Crippen LogP contribution in [-0.4, -0.2) is 15.0 Å². The summed E-state index contributed by atoms with van der Waals surface area (Å²) in [6.07, 6.45) is -1.40. The van der Waals surface area contributed by atoms with Gasteiger partial charge in [0.2, 0.25) is 5.95 Å². The first-order valence-corrected chi connectivity index (χ1v) is 11.0. The van der Waals surface area contributed by atoms with Gasteiger partial charge in [-0.25, -0.2) is 9.37 Å². The summed E-state index contributed by atoms with van der Waals surface area (Å²) < 4.78 is 61.6. The zero-order chi connectivity index (χ0) is 26.8. The molecule has 0 spiro atoms. The molecule has 0 aliphatic rings. The number of hydrogen-bond acceptors (Lipinski definition) is 4. The van der Waals surface area contributed by atoms with Gasteiger partial charge in [-0.1, -0.05) is 41.5 Å². The number of pyridine rings is 3. The lowest BCUT2D eigenvalue weighted by molar-refractivity contribution is -0.137. The number of nitrogens with zero attached hydrogens (tertiary/aromatic N) is 4. The maximum atomic E-state index is 12.5. The van der Waals surface area contributed by atoms with E-state index in [9.17, 15) is 22.0 Å². The molecule has 0 amide bonds. The van der Waals surface area contributed by atoms with Crippen LogP contribution in [0, 0.1) is 23.1 Å². The van der Waals surface area contributed by atoms with Crippen LogP contribution in [0.3, 0.4) is 0 Å². The lowest BCUT2D eigenvalue weighted by atomic mass is 10.1. The molecule has 0 saturated heterocycles. The summed E-state index contributed by atoms with van der Waals surface area (Å²) in [7, 11) is 0. The Hall–Kier alpha value is -3.41. The van der Waals surface area contributed by atoms with Crippen LogP contribution in [0.5, 0.6) is 0 Å². The van der Waals surface area contributed by atoms with E-state index in [0.717, 1.165) is 23.9 Å². The van der Waals surface area contributed by atoms with E-state index in [0.29, 0.717) is 22.9 Å². The second-order valence-corrected chi connectivity index (χ2v) is 8.55. The van der Waals surface area contributed by atoms with E-state index < -0.39 is 23.5 Å². The molecule has 188 valence electrons. The van der Waals surface area contributed by atoms with Crippen molar-refractivity contribution in [3.8, 4) is 6.07 Å². The van der Waals surface area contributed by atoms with Crippen LogP contribution in [0.2, 0.25) is 0 Å². The van der Waals surface area contributed by atoms with Gasteiger partial charge in [0.1, 0.15) is 5.82 Å². The van der Waals surface area contributed by atoms with Crippen molar-refractivity contribution in [2.24, 2.45) is 0 Å². The predicted molar refractivity (Wildman–Crippen MR) is 125 cm³/mol. The van der Waals surface area contributed by atoms with Gasteiger partial charge in [0.25, 0.3) is 0 Å². The molecule has 35 heavy (non-hydrogen) atoms. The fourth-order valence-electron chi connectivity index (χ4n) is 2.55. The lowest BCUT2D eigenvalue weighted by Crippen LogP contribution is -2.06. The molecule has 0 radical (unpaired) electrons. The fourth-order valence-corrected chi connectivity index (χ4v) is 2.55. The summed E-state index contributed by atoms with van der Waals surface area (Å²) in [6.45, 7) is 11.4.